The number of nitrogens with zero attached hydrogens (tertiary/aromatic N) is 1. The van der Waals surface area contributed by atoms with Gasteiger partial charge in [0, 0.05) is 10.7 Å². The van der Waals surface area contributed by atoms with Gasteiger partial charge in [-0.05, 0) is 37.1 Å². The van der Waals surface area contributed by atoms with Gasteiger partial charge < -0.3 is 0 Å². The van der Waals surface area contributed by atoms with Gasteiger partial charge in [0.15, 0.2) is 0 Å². The van der Waals surface area contributed by atoms with Crippen LogP contribution in [0.5, 0.6) is 0 Å². The Balaban J connectivity index is 2.20. The summed E-state index contributed by atoms with van der Waals surface area (Å²) in [6, 6.07) is 18.2. The van der Waals surface area contributed by atoms with Crippen molar-refractivity contribution < 1.29 is 0 Å². The van der Waals surface area contributed by atoms with Crippen molar-refractivity contribution in [2.24, 2.45) is 4.99 Å². The van der Waals surface area contributed by atoms with Crippen LogP contribution in [0, 0.1) is 0 Å². The summed E-state index contributed by atoms with van der Waals surface area (Å²) in [5.41, 5.74) is 3.39. The number of rotatable bonds is 3. The van der Waals surface area contributed by atoms with Crippen LogP contribution in [0.3, 0.4) is 0 Å². The van der Waals surface area contributed by atoms with E-state index in [1.165, 1.54) is 11.1 Å². The van der Waals surface area contributed by atoms with Gasteiger partial charge in [-0.3, -0.25) is 4.99 Å². The van der Waals surface area contributed by atoms with Crippen LogP contribution in [-0.4, -0.2) is 5.71 Å². The van der Waals surface area contributed by atoms with Crippen LogP contribution in [-0.2, 0) is 0 Å². The molecule has 2 heteroatoms. The SMILES string of the molecule is CC(=NC(C)c1ccc(Cl)cc1)c1ccccc1. The molecule has 0 aliphatic carbocycles. The van der Waals surface area contributed by atoms with Gasteiger partial charge in [0.2, 0.25) is 0 Å². The van der Waals surface area contributed by atoms with E-state index in [0.29, 0.717) is 0 Å². The Labute approximate surface area is 113 Å². The van der Waals surface area contributed by atoms with E-state index in [9.17, 15) is 0 Å². The van der Waals surface area contributed by atoms with Crippen molar-refractivity contribution in [1.82, 2.24) is 0 Å². The highest BCUT2D eigenvalue weighted by Crippen LogP contribution is 2.20. The Morgan fingerprint density at radius 3 is 2.22 bits per heavy atom. The predicted octanol–water partition coefficient (Wildman–Crippen LogP) is 4.91. The van der Waals surface area contributed by atoms with Gasteiger partial charge in [0.05, 0.1) is 6.04 Å². The van der Waals surface area contributed by atoms with Gasteiger partial charge in [-0.1, -0.05) is 54.1 Å². The fourth-order valence-corrected chi connectivity index (χ4v) is 1.99. The van der Waals surface area contributed by atoms with Gasteiger partial charge in [-0.2, -0.15) is 0 Å². The van der Waals surface area contributed by atoms with E-state index in [4.69, 9.17) is 16.6 Å². The Morgan fingerprint density at radius 1 is 1.00 bits per heavy atom. The molecule has 0 bridgehead atoms. The summed E-state index contributed by atoms with van der Waals surface area (Å²) >= 11 is 5.88. The second kappa shape index (κ2) is 5.83. The van der Waals surface area contributed by atoms with Crippen LogP contribution in [0.25, 0.3) is 0 Å². The smallest absolute Gasteiger partial charge is 0.0724 e. The largest absolute Gasteiger partial charge is 0.282 e. The number of hydrogen-bond acceptors (Lipinski definition) is 1. The van der Waals surface area contributed by atoms with E-state index in [1.54, 1.807) is 0 Å². The maximum atomic E-state index is 5.88. The zero-order chi connectivity index (χ0) is 13.0. The number of halogens is 1. The van der Waals surface area contributed by atoms with Crippen molar-refractivity contribution in [1.29, 1.82) is 0 Å². The molecule has 0 fully saturated rings. The molecule has 92 valence electrons. The van der Waals surface area contributed by atoms with Gasteiger partial charge in [0.25, 0.3) is 0 Å². The second-order valence-electron chi connectivity index (χ2n) is 4.31. The van der Waals surface area contributed by atoms with Gasteiger partial charge in [-0.25, -0.2) is 0 Å². The minimum atomic E-state index is 0.141. The number of aliphatic imine (C=N–C) groups is 1. The van der Waals surface area contributed by atoms with Crippen molar-refractivity contribution >= 4 is 17.3 Å². The van der Waals surface area contributed by atoms with Crippen LogP contribution in [0.1, 0.15) is 31.0 Å². The maximum absolute atomic E-state index is 5.88. The number of hydrogen-bond donors (Lipinski definition) is 0. The van der Waals surface area contributed by atoms with E-state index < -0.39 is 0 Å². The Bertz CT molecular complexity index is 529. The molecular formula is C16H16ClN. The molecule has 2 rings (SSSR count). The average molecular weight is 258 g/mol. The molecule has 0 aliphatic heterocycles. The van der Waals surface area contributed by atoms with Crippen LogP contribution in [0.15, 0.2) is 59.6 Å². The van der Waals surface area contributed by atoms with E-state index in [2.05, 4.69) is 19.1 Å². The van der Waals surface area contributed by atoms with Gasteiger partial charge in [-0.15, -0.1) is 0 Å². The predicted molar refractivity (Wildman–Crippen MR) is 78.5 cm³/mol. The first-order chi connectivity index (χ1) is 8.66. The van der Waals surface area contributed by atoms with Crippen LogP contribution >= 0.6 is 11.6 Å². The fraction of sp³-hybridized carbons (Fsp3) is 0.188. The molecule has 0 saturated carbocycles. The molecule has 0 spiro atoms. The molecule has 0 amide bonds. The first-order valence-corrected chi connectivity index (χ1v) is 6.40. The standard InChI is InChI=1S/C16H16ClN/c1-12(14-6-4-3-5-7-14)18-13(2)15-8-10-16(17)11-9-15/h3-11,13H,1-2H3. The van der Waals surface area contributed by atoms with Gasteiger partial charge in [0.1, 0.15) is 0 Å². The zero-order valence-electron chi connectivity index (χ0n) is 10.6. The molecule has 0 heterocycles. The summed E-state index contributed by atoms with van der Waals surface area (Å²) in [5, 5.41) is 0.759. The van der Waals surface area contributed by atoms with Crippen molar-refractivity contribution in [3.8, 4) is 0 Å². The molecule has 0 saturated heterocycles. The van der Waals surface area contributed by atoms with Crippen molar-refractivity contribution in [3.63, 3.8) is 0 Å². The third-order valence-electron chi connectivity index (χ3n) is 2.93. The first kappa shape index (κ1) is 12.8. The Morgan fingerprint density at radius 2 is 1.61 bits per heavy atom. The molecule has 0 N–H and O–H groups in total. The Hall–Kier alpha value is -1.60. The normalized spacial score (nSPS) is 13.4. The molecular weight excluding hydrogens is 242 g/mol. The van der Waals surface area contributed by atoms with Gasteiger partial charge >= 0.3 is 0 Å². The molecule has 0 radical (unpaired) electrons. The molecule has 1 nitrogen and oxygen atoms in total. The van der Waals surface area contributed by atoms with Crippen LogP contribution < -0.4 is 0 Å². The van der Waals surface area contributed by atoms with E-state index in [-0.39, 0.29) is 6.04 Å². The summed E-state index contributed by atoms with van der Waals surface area (Å²) in [7, 11) is 0. The lowest BCUT2D eigenvalue weighted by molar-refractivity contribution is 0.820. The average Bonchev–Trinajstić information content (AvgIpc) is 2.40. The van der Waals surface area contributed by atoms with Crippen molar-refractivity contribution in [2.75, 3.05) is 0 Å². The summed E-state index contributed by atoms with van der Waals surface area (Å²) in [5.74, 6) is 0. The van der Waals surface area contributed by atoms with E-state index in [0.717, 1.165) is 10.7 Å². The van der Waals surface area contributed by atoms with Crippen molar-refractivity contribution in [3.05, 3.63) is 70.7 Å². The summed E-state index contributed by atoms with van der Waals surface area (Å²) < 4.78 is 0. The summed E-state index contributed by atoms with van der Waals surface area (Å²) in [4.78, 5) is 4.72. The lowest BCUT2D eigenvalue weighted by Gasteiger charge is -2.09. The third kappa shape index (κ3) is 3.21. The molecule has 18 heavy (non-hydrogen) atoms. The quantitative estimate of drug-likeness (QED) is 0.693. The summed E-state index contributed by atoms with van der Waals surface area (Å²) in [6.45, 7) is 4.14. The monoisotopic (exact) mass is 257 g/mol. The fourth-order valence-electron chi connectivity index (χ4n) is 1.86. The molecule has 2 aromatic carbocycles. The molecule has 1 atom stereocenters. The lowest BCUT2D eigenvalue weighted by Crippen LogP contribution is -1.98. The minimum Gasteiger partial charge on any atom is -0.282 e. The van der Waals surface area contributed by atoms with Crippen molar-refractivity contribution in [2.45, 2.75) is 19.9 Å². The minimum absolute atomic E-state index is 0.141. The first-order valence-electron chi connectivity index (χ1n) is 6.02. The topological polar surface area (TPSA) is 12.4 Å². The Kier molecular flexibility index (Phi) is 4.16. The van der Waals surface area contributed by atoms with E-state index in [1.807, 2.05) is 49.4 Å². The van der Waals surface area contributed by atoms with E-state index >= 15 is 0 Å². The third-order valence-corrected chi connectivity index (χ3v) is 3.18. The van der Waals surface area contributed by atoms with Crippen LogP contribution in [0.4, 0.5) is 0 Å². The zero-order valence-corrected chi connectivity index (χ0v) is 11.4. The second-order valence-corrected chi connectivity index (χ2v) is 4.74. The number of benzene rings is 2. The highest BCUT2D eigenvalue weighted by molar-refractivity contribution is 6.30. The molecule has 0 aromatic heterocycles. The highest BCUT2D eigenvalue weighted by atomic mass is 35.5. The highest BCUT2D eigenvalue weighted by Gasteiger charge is 2.04. The molecule has 1 unspecified atom stereocenters. The van der Waals surface area contributed by atoms with Crippen LogP contribution in [0.2, 0.25) is 5.02 Å². The molecule has 2 aromatic rings. The molecule has 0 aliphatic rings. The summed E-state index contributed by atoms with van der Waals surface area (Å²) in [6.07, 6.45) is 0. The lowest BCUT2D eigenvalue weighted by atomic mass is 10.1. The maximum Gasteiger partial charge on any atom is 0.0724 e.